The fourth-order valence-electron chi connectivity index (χ4n) is 1.77. The number of sulfonamides is 1. The Morgan fingerprint density at radius 3 is 2.57 bits per heavy atom. The Balaban J connectivity index is 2.45. The van der Waals surface area contributed by atoms with Crippen LogP contribution in [-0.4, -0.2) is 15.5 Å². The molecule has 0 aromatic heterocycles. The maximum Gasteiger partial charge on any atom is 0.263 e. The molecule has 7 heteroatoms. The van der Waals surface area contributed by atoms with Gasteiger partial charge in [0.2, 0.25) is 0 Å². The van der Waals surface area contributed by atoms with E-state index in [0.29, 0.717) is 5.75 Å². The van der Waals surface area contributed by atoms with Gasteiger partial charge in [-0.15, -0.1) is 0 Å². The maximum absolute atomic E-state index is 13.2. The zero-order valence-corrected chi connectivity index (χ0v) is 12.9. The van der Waals surface area contributed by atoms with Gasteiger partial charge in [0.05, 0.1) is 17.8 Å². The third-order valence-electron chi connectivity index (χ3n) is 2.78. The number of anilines is 1. The van der Waals surface area contributed by atoms with Gasteiger partial charge in [-0.3, -0.25) is 4.72 Å². The standard InChI is InChI=1S/C14H13ClFNO3S/c1-9-3-6-12(13(7-9)20-2)17-21(18,19)14-8-10(16)4-5-11(14)15/h3-8,17H,1-2H3. The molecule has 21 heavy (non-hydrogen) atoms. The Morgan fingerprint density at radius 1 is 1.19 bits per heavy atom. The topological polar surface area (TPSA) is 55.4 Å². The number of ether oxygens (including phenoxy) is 1. The third-order valence-corrected chi connectivity index (χ3v) is 4.63. The number of hydrogen-bond donors (Lipinski definition) is 1. The summed E-state index contributed by atoms with van der Waals surface area (Å²) in [6.45, 7) is 1.85. The fourth-order valence-corrected chi connectivity index (χ4v) is 3.35. The summed E-state index contributed by atoms with van der Waals surface area (Å²) < 4.78 is 45.3. The predicted octanol–water partition coefficient (Wildman–Crippen LogP) is 3.60. The van der Waals surface area contributed by atoms with E-state index in [1.807, 2.05) is 6.92 Å². The normalized spacial score (nSPS) is 11.2. The molecule has 2 aromatic carbocycles. The second-order valence-electron chi connectivity index (χ2n) is 4.38. The molecule has 4 nitrogen and oxygen atoms in total. The van der Waals surface area contributed by atoms with Gasteiger partial charge >= 0.3 is 0 Å². The fraction of sp³-hybridized carbons (Fsp3) is 0.143. The van der Waals surface area contributed by atoms with Crippen molar-refractivity contribution in [3.63, 3.8) is 0 Å². The Kier molecular flexibility index (Phi) is 4.39. The summed E-state index contributed by atoms with van der Waals surface area (Å²) in [5.74, 6) is -0.318. The van der Waals surface area contributed by atoms with Crippen molar-refractivity contribution in [2.75, 3.05) is 11.8 Å². The first-order valence-electron chi connectivity index (χ1n) is 5.96. The molecule has 0 aliphatic carbocycles. The van der Waals surface area contributed by atoms with Gasteiger partial charge in [-0.2, -0.15) is 0 Å². The minimum atomic E-state index is -4.01. The van der Waals surface area contributed by atoms with Crippen LogP contribution in [0.3, 0.4) is 0 Å². The van der Waals surface area contributed by atoms with Gasteiger partial charge in [0.1, 0.15) is 16.5 Å². The molecule has 0 fully saturated rings. The molecule has 0 spiro atoms. The van der Waals surface area contributed by atoms with Crippen molar-refractivity contribution in [1.82, 2.24) is 0 Å². The second kappa shape index (κ2) is 5.91. The van der Waals surface area contributed by atoms with Crippen LogP contribution in [0.15, 0.2) is 41.3 Å². The molecule has 2 aromatic rings. The lowest BCUT2D eigenvalue weighted by molar-refractivity contribution is 0.416. The molecule has 0 unspecified atom stereocenters. The van der Waals surface area contributed by atoms with E-state index < -0.39 is 15.8 Å². The van der Waals surface area contributed by atoms with Gasteiger partial charge in [0.15, 0.2) is 0 Å². The Bertz CT molecular complexity index is 778. The first-order valence-corrected chi connectivity index (χ1v) is 7.82. The lowest BCUT2D eigenvalue weighted by atomic mass is 10.2. The summed E-state index contributed by atoms with van der Waals surface area (Å²) in [5, 5.41) is -0.0602. The van der Waals surface area contributed by atoms with E-state index in [1.54, 1.807) is 18.2 Å². The van der Waals surface area contributed by atoms with Crippen LogP contribution in [0.4, 0.5) is 10.1 Å². The number of rotatable bonds is 4. The molecule has 0 heterocycles. The van der Waals surface area contributed by atoms with Crippen LogP contribution in [0.5, 0.6) is 5.75 Å². The Hall–Kier alpha value is -1.79. The molecule has 112 valence electrons. The number of halogens is 2. The van der Waals surface area contributed by atoms with Gasteiger partial charge in [-0.25, -0.2) is 12.8 Å². The highest BCUT2D eigenvalue weighted by Gasteiger charge is 2.20. The van der Waals surface area contributed by atoms with Crippen molar-refractivity contribution >= 4 is 27.3 Å². The number of aryl methyl sites for hydroxylation is 1. The van der Waals surface area contributed by atoms with Crippen LogP contribution in [-0.2, 0) is 10.0 Å². The zero-order valence-electron chi connectivity index (χ0n) is 11.4. The molecule has 0 aliphatic rings. The Morgan fingerprint density at radius 2 is 1.90 bits per heavy atom. The highest BCUT2D eigenvalue weighted by atomic mass is 35.5. The summed E-state index contributed by atoms with van der Waals surface area (Å²) in [5.41, 5.74) is 1.17. The molecule has 0 bridgehead atoms. The molecule has 0 saturated carbocycles. The van der Waals surface area contributed by atoms with E-state index in [0.717, 1.165) is 17.7 Å². The summed E-state index contributed by atoms with van der Waals surface area (Å²) in [6.07, 6.45) is 0. The average molecular weight is 330 g/mol. The predicted molar refractivity (Wildman–Crippen MR) is 79.9 cm³/mol. The highest BCUT2D eigenvalue weighted by molar-refractivity contribution is 7.92. The van der Waals surface area contributed by atoms with Crippen molar-refractivity contribution in [2.45, 2.75) is 11.8 Å². The zero-order chi connectivity index (χ0) is 15.6. The van der Waals surface area contributed by atoms with Crippen LogP contribution in [0.1, 0.15) is 5.56 Å². The van der Waals surface area contributed by atoms with Crippen LogP contribution >= 0.6 is 11.6 Å². The van der Waals surface area contributed by atoms with E-state index in [9.17, 15) is 12.8 Å². The molecule has 0 atom stereocenters. The largest absolute Gasteiger partial charge is 0.495 e. The molecule has 0 aliphatic heterocycles. The summed E-state index contributed by atoms with van der Waals surface area (Å²) in [6, 6.07) is 8.13. The van der Waals surface area contributed by atoms with Gasteiger partial charge in [-0.1, -0.05) is 17.7 Å². The number of benzene rings is 2. The van der Waals surface area contributed by atoms with Crippen LogP contribution < -0.4 is 9.46 Å². The average Bonchev–Trinajstić information content (AvgIpc) is 2.43. The lowest BCUT2D eigenvalue weighted by Gasteiger charge is -2.13. The highest BCUT2D eigenvalue weighted by Crippen LogP contribution is 2.30. The number of hydrogen-bond acceptors (Lipinski definition) is 3. The third kappa shape index (κ3) is 3.46. The monoisotopic (exact) mass is 329 g/mol. The van der Waals surface area contributed by atoms with Gasteiger partial charge in [0, 0.05) is 0 Å². The van der Waals surface area contributed by atoms with Crippen molar-refractivity contribution in [2.24, 2.45) is 0 Å². The molecule has 1 N–H and O–H groups in total. The van der Waals surface area contributed by atoms with E-state index in [4.69, 9.17) is 16.3 Å². The minimum Gasteiger partial charge on any atom is -0.495 e. The first kappa shape index (κ1) is 15.6. The maximum atomic E-state index is 13.2. The van der Waals surface area contributed by atoms with Crippen molar-refractivity contribution < 1.29 is 17.5 Å². The van der Waals surface area contributed by atoms with Crippen LogP contribution in [0, 0.1) is 12.7 Å². The smallest absolute Gasteiger partial charge is 0.263 e. The second-order valence-corrected chi connectivity index (χ2v) is 6.44. The first-order chi connectivity index (χ1) is 9.83. The van der Waals surface area contributed by atoms with Gasteiger partial charge in [-0.05, 0) is 42.8 Å². The Labute approximate surface area is 127 Å². The molecular weight excluding hydrogens is 317 g/mol. The minimum absolute atomic E-state index is 0.0602. The van der Waals surface area contributed by atoms with Gasteiger partial charge < -0.3 is 4.74 Å². The van der Waals surface area contributed by atoms with Crippen molar-refractivity contribution in [1.29, 1.82) is 0 Å². The molecule has 0 radical (unpaired) electrons. The number of nitrogens with one attached hydrogen (secondary N) is 1. The molecule has 2 rings (SSSR count). The van der Waals surface area contributed by atoms with Gasteiger partial charge in [0.25, 0.3) is 10.0 Å². The SMILES string of the molecule is COc1cc(C)ccc1NS(=O)(=O)c1cc(F)ccc1Cl. The summed E-state index contributed by atoms with van der Waals surface area (Å²) in [4.78, 5) is -0.327. The number of methoxy groups -OCH3 is 1. The van der Waals surface area contributed by atoms with E-state index in [-0.39, 0.29) is 15.6 Å². The van der Waals surface area contributed by atoms with Crippen LogP contribution in [0.2, 0.25) is 5.02 Å². The van der Waals surface area contributed by atoms with E-state index in [1.165, 1.54) is 13.2 Å². The summed E-state index contributed by atoms with van der Waals surface area (Å²) in [7, 11) is -2.58. The van der Waals surface area contributed by atoms with E-state index in [2.05, 4.69) is 4.72 Å². The summed E-state index contributed by atoms with van der Waals surface area (Å²) >= 11 is 5.83. The molecular formula is C14H13ClFNO3S. The quantitative estimate of drug-likeness (QED) is 0.932. The molecule has 0 saturated heterocycles. The lowest BCUT2D eigenvalue weighted by Crippen LogP contribution is -2.14. The molecule has 0 amide bonds. The van der Waals surface area contributed by atoms with Crippen LogP contribution in [0.25, 0.3) is 0 Å². The van der Waals surface area contributed by atoms with E-state index >= 15 is 0 Å². The van der Waals surface area contributed by atoms with Crippen molar-refractivity contribution in [3.8, 4) is 5.75 Å². The van der Waals surface area contributed by atoms with Crippen molar-refractivity contribution in [3.05, 3.63) is 52.8 Å².